The largest absolute Gasteiger partial charge is 0.444 e. The van der Waals surface area contributed by atoms with Gasteiger partial charge in [0, 0.05) is 13.1 Å². The van der Waals surface area contributed by atoms with Crippen molar-refractivity contribution < 1.29 is 14.6 Å². The molecule has 0 aromatic carbocycles. The van der Waals surface area contributed by atoms with Gasteiger partial charge in [-0.2, -0.15) is 0 Å². The molecule has 96 valence electrons. The van der Waals surface area contributed by atoms with E-state index < -0.39 is 5.60 Å². The van der Waals surface area contributed by atoms with Crippen molar-refractivity contribution in [1.29, 1.82) is 0 Å². The number of nitrogens with one attached hydrogen (secondary N) is 1. The Labute approximate surface area is 97.8 Å². The van der Waals surface area contributed by atoms with Gasteiger partial charge in [-0.3, -0.25) is 0 Å². The molecule has 0 rings (SSSR count). The predicted octanol–water partition coefficient (Wildman–Crippen LogP) is 0.824. The Kier molecular flexibility index (Phi) is 6.36. The average molecular weight is 232 g/mol. The summed E-state index contributed by atoms with van der Waals surface area (Å²) in [4.78, 5) is 13.4. The molecule has 0 bridgehead atoms. The summed E-state index contributed by atoms with van der Waals surface area (Å²) in [5.41, 5.74) is -0.510. The highest BCUT2D eigenvalue weighted by Gasteiger charge is 2.26. The van der Waals surface area contributed by atoms with Gasteiger partial charge in [0.05, 0.1) is 12.6 Å². The Hall–Kier alpha value is -0.810. The van der Waals surface area contributed by atoms with Gasteiger partial charge < -0.3 is 20.1 Å². The number of ether oxygens (including phenoxy) is 1. The highest BCUT2D eigenvalue weighted by Crippen LogP contribution is 2.11. The van der Waals surface area contributed by atoms with Crippen LogP contribution in [-0.2, 0) is 4.74 Å². The predicted molar refractivity (Wildman–Crippen MR) is 63.4 cm³/mol. The van der Waals surface area contributed by atoms with Crippen LogP contribution in [-0.4, -0.2) is 54.5 Å². The summed E-state index contributed by atoms with van der Waals surface area (Å²) < 4.78 is 5.27. The molecule has 0 saturated heterocycles. The van der Waals surface area contributed by atoms with E-state index in [1.165, 1.54) is 4.90 Å². The number of aliphatic hydroxyl groups excluding tert-OH is 1. The van der Waals surface area contributed by atoms with Crippen molar-refractivity contribution in [3.8, 4) is 0 Å². The highest BCUT2D eigenvalue weighted by atomic mass is 16.6. The van der Waals surface area contributed by atoms with Crippen molar-refractivity contribution in [1.82, 2.24) is 10.2 Å². The Morgan fingerprint density at radius 1 is 1.50 bits per heavy atom. The van der Waals surface area contributed by atoms with Crippen LogP contribution in [0.25, 0.3) is 0 Å². The Bertz CT molecular complexity index is 214. The number of aliphatic hydroxyl groups is 1. The van der Waals surface area contributed by atoms with E-state index in [0.717, 1.165) is 0 Å². The van der Waals surface area contributed by atoms with Crippen molar-refractivity contribution in [2.24, 2.45) is 0 Å². The average Bonchev–Trinajstić information content (AvgIpc) is 2.14. The first-order chi connectivity index (χ1) is 7.35. The molecule has 0 spiro atoms. The SMILES string of the molecule is CCN(C(=O)OC(C)(C)C)[C@@H](CO)CNC. The van der Waals surface area contributed by atoms with Crippen molar-refractivity contribution in [3.63, 3.8) is 0 Å². The van der Waals surface area contributed by atoms with Crippen LogP contribution in [0.3, 0.4) is 0 Å². The minimum Gasteiger partial charge on any atom is -0.444 e. The lowest BCUT2D eigenvalue weighted by molar-refractivity contribution is 0.0110. The van der Waals surface area contributed by atoms with Crippen molar-refractivity contribution in [2.75, 3.05) is 26.7 Å². The number of likely N-dealkylation sites (N-methyl/N-ethyl adjacent to an activating group) is 2. The van der Waals surface area contributed by atoms with Crippen LogP contribution in [0.4, 0.5) is 4.79 Å². The molecular weight excluding hydrogens is 208 g/mol. The minimum atomic E-state index is -0.510. The second kappa shape index (κ2) is 6.70. The molecule has 0 aliphatic carbocycles. The zero-order valence-electron chi connectivity index (χ0n) is 10.9. The summed E-state index contributed by atoms with van der Waals surface area (Å²) in [7, 11) is 1.78. The maximum atomic E-state index is 11.8. The quantitative estimate of drug-likeness (QED) is 0.737. The lowest BCUT2D eigenvalue weighted by atomic mass is 10.2. The van der Waals surface area contributed by atoms with E-state index >= 15 is 0 Å². The fourth-order valence-electron chi connectivity index (χ4n) is 1.37. The van der Waals surface area contributed by atoms with Gasteiger partial charge in [0.15, 0.2) is 0 Å². The molecule has 0 aliphatic rings. The van der Waals surface area contributed by atoms with E-state index in [1.54, 1.807) is 7.05 Å². The fraction of sp³-hybridized carbons (Fsp3) is 0.909. The third-order valence-electron chi connectivity index (χ3n) is 2.06. The van der Waals surface area contributed by atoms with E-state index in [4.69, 9.17) is 4.74 Å². The van der Waals surface area contributed by atoms with Crippen LogP contribution >= 0.6 is 0 Å². The molecule has 0 aliphatic heterocycles. The summed E-state index contributed by atoms with van der Waals surface area (Å²) >= 11 is 0. The molecule has 1 atom stereocenters. The molecule has 1 amide bonds. The van der Waals surface area contributed by atoms with Crippen LogP contribution in [0.15, 0.2) is 0 Å². The Morgan fingerprint density at radius 2 is 2.06 bits per heavy atom. The molecule has 0 aromatic rings. The van der Waals surface area contributed by atoms with Crippen LogP contribution < -0.4 is 5.32 Å². The smallest absolute Gasteiger partial charge is 0.410 e. The van der Waals surface area contributed by atoms with E-state index in [0.29, 0.717) is 13.1 Å². The Balaban J connectivity index is 4.51. The molecule has 0 aromatic heterocycles. The summed E-state index contributed by atoms with van der Waals surface area (Å²) in [5, 5.41) is 12.2. The van der Waals surface area contributed by atoms with Gasteiger partial charge in [-0.15, -0.1) is 0 Å². The summed E-state index contributed by atoms with van der Waals surface area (Å²) in [6.45, 7) is 8.32. The van der Waals surface area contributed by atoms with E-state index in [9.17, 15) is 9.90 Å². The fourth-order valence-corrected chi connectivity index (χ4v) is 1.37. The lowest BCUT2D eigenvalue weighted by Gasteiger charge is -2.31. The van der Waals surface area contributed by atoms with Crippen molar-refractivity contribution >= 4 is 6.09 Å². The zero-order chi connectivity index (χ0) is 12.8. The molecule has 2 N–H and O–H groups in total. The summed E-state index contributed by atoms with van der Waals surface area (Å²) in [6, 6.07) is -0.246. The number of carbonyl (C=O) groups is 1. The molecule has 5 nitrogen and oxygen atoms in total. The number of amides is 1. The van der Waals surface area contributed by atoms with Gasteiger partial charge in [-0.05, 0) is 34.7 Å². The van der Waals surface area contributed by atoms with Gasteiger partial charge in [0.2, 0.25) is 0 Å². The van der Waals surface area contributed by atoms with Gasteiger partial charge in [-0.25, -0.2) is 4.79 Å². The molecule has 0 unspecified atom stereocenters. The molecular formula is C11H24N2O3. The highest BCUT2D eigenvalue weighted by molar-refractivity contribution is 5.68. The minimum absolute atomic E-state index is 0.0755. The standard InChI is InChI=1S/C11H24N2O3/c1-6-13(9(8-14)7-12-5)10(15)16-11(2,3)4/h9,12,14H,6-8H2,1-5H3/t9-/m1/s1. The van der Waals surface area contributed by atoms with Crippen LogP contribution in [0.5, 0.6) is 0 Å². The number of nitrogens with zero attached hydrogens (tertiary/aromatic N) is 1. The topological polar surface area (TPSA) is 61.8 Å². The normalized spacial score (nSPS) is 13.4. The maximum Gasteiger partial charge on any atom is 0.410 e. The maximum absolute atomic E-state index is 11.8. The lowest BCUT2D eigenvalue weighted by Crippen LogP contribution is -2.49. The summed E-state index contributed by atoms with van der Waals surface area (Å²) in [5.74, 6) is 0. The van der Waals surface area contributed by atoms with Gasteiger partial charge in [0.1, 0.15) is 5.60 Å². The zero-order valence-corrected chi connectivity index (χ0v) is 10.9. The molecule has 0 fully saturated rings. The van der Waals surface area contributed by atoms with E-state index in [2.05, 4.69) is 5.32 Å². The van der Waals surface area contributed by atoms with Crippen LogP contribution in [0, 0.1) is 0 Å². The second-order valence-electron chi connectivity index (χ2n) is 4.66. The first-order valence-corrected chi connectivity index (χ1v) is 5.60. The van der Waals surface area contributed by atoms with E-state index in [-0.39, 0.29) is 18.7 Å². The molecule has 5 heteroatoms. The second-order valence-corrected chi connectivity index (χ2v) is 4.66. The third kappa shape index (κ3) is 5.32. The molecule has 0 saturated carbocycles. The van der Waals surface area contributed by atoms with Crippen LogP contribution in [0.2, 0.25) is 0 Å². The number of carbonyl (C=O) groups excluding carboxylic acids is 1. The van der Waals surface area contributed by atoms with Crippen molar-refractivity contribution in [2.45, 2.75) is 39.3 Å². The van der Waals surface area contributed by atoms with Gasteiger partial charge in [-0.1, -0.05) is 0 Å². The molecule has 0 heterocycles. The molecule has 16 heavy (non-hydrogen) atoms. The van der Waals surface area contributed by atoms with E-state index in [1.807, 2.05) is 27.7 Å². The first-order valence-electron chi connectivity index (χ1n) is 5.60. The first kappa shape index (κ1) is 15.2. The van der Waals surface area contributed by atoms with Crippen molar-refractivity contribution in [3.05, 3.63) is 0 Å². The molecule has 0 radical (unpaired) electrons. The number of hydrogen-bond donors (Lipinski definition) is 2. The number of rotatable bonds is 5. The number of hydrogen-bond acceptors (Lipinski definition) is 4. The van der Waals surface area contributed by atoms with Gasteiger partial charge in [0.25, 0.3) is 0 Å². The van der Waals surface area contributed by atoms with Crippen LogP contribution in [0.1, 0.15) is 27.7 Å². The van der Waals surface area contributed by atoms with Gasteiger partial charge >= 0.3 is 6.09 Å². The third-order valence-corrected chi connectivity index (χ3v) is 2.06. The Morgan fingerprint density at radius 3 is 2.38 bits per heavy atom. The summed E-state index contributed by atoms with van der Waals surface area (Å²) in [6.07, 6.45) is -0.385. The monoisotopic (exact) mass is 232 g/mol.